The van der Waals surface area contributed by atoms with Crippen LogP contribution in [0.25, 0.3) is 0 Å². The van der Waals surface area contributed by atoms with E-state index in [0.29, 0.717) is 0 Å². The maximum atomic E-state index is 9.22. The highest BCUT2D eigenvalue weighted by Crippen LogP contribution is 2.12. The van der Waals surface area contributed by atoms with Crippen molar-refractivity contribution in [1.82, 2.24) is 4.90 Å². The summed E-state index contributed by atoms with van der Waals surface area (Å²) in [6, 6.07) is 0. The second kappa shape index (κ2) is 20.9. The molecule has 31 heavy (non-hydrogen) atoms. The Kier molecular flexibility index (Phi) is 20.3. The molecule has 0 radical (unpaired) electrons. The van der Waals surface area contributed by atoms with E-state index in [-0.39, 0.29) is 6.61 Å². The van der Waals surface area contributed by atoms with E-state index in [4.69, 9.17) is 5.11 Å². The SMILES string of the molecule is CCCCCCCCCCCCCCC=CC[N+]1=CN(CCO)CC1.COS(=O)(=O)[O-]. The summed E-state index contributed by atoms with van der Waals surface area (Å²) in [6.45, 7) is 6.45. The highest BCUT2D eigenvalue weighted by atomic mass is 32.3. The summed E-state index contributed by atoms with van der Waals surface area (Å²) < 4.78 is 33.3. The Morgan fingerprint density at radius 1 is 1.00 bits per heavy atom. The van der Waals surface area contributed by atoms with E-state index in [9.17, 15) is 13.0 Å². The van der Waals surface area contributed by atoms with Gasteiger partial charge in [0.05, 0.1) is 13.7 Å². The van der Waals surface area contributed by atoms with Gasteiger partial charge in [-0.3, -0.25) is 13.7 Å². The van der Waals surface area contributed by atoms with Crippen LogP contribution in [0.4, 0.5) is 0 Å². The number of unbranched alkanes of at least 4 members (excludes halogenated alkanes) is 12. The predicted molar refractivity (Wildman–Crippen MR) is 126 cm³/mol. The minimum absolute atomic E-state index is 0.249. The Labute approximate surface area is 191 Å². The van der Waals surface area contributed by atoms with Gasteiger partial charge in [-0.1, -0.05) is 83.6 Å². The molecule has 0 aromatic rings. The zero-order valence-electron chi connectivity index (χ0n) is 19.8. The molecule has 0 bridgehead atoms. The number of rotatable bonds is 18. The maximum absolute atomic E-state index is 9.22. The Morgan fingerprint density at radius 3 is 2.00 bits per heavy atom. The number of hydrogen-bond acceptors (Lipinski definition) is 6. The number of hydrogen-bond donors (Lipinski definition) is 1. The van der Waals surface area contributed by atoms with Crippen molar-refractivity contribution in [3.05, 3.63) is 12.2 Å². The van der Waals surface area contributed by atoms with E-state index in [0.717, 1.165) is 33.3 Å². The van der Waals surface area contributed by atoms with Crippen molar-refractivity contribution >= 4 is 16.7 Å². The summed E-state index contributed by atoms with van der Waals surface area (Å²) >= 11 is 0. The molecule has 1 rings (SSSR count). The van der Waals surface area contributed by atoms with Gasteiger partial charge in [0.1, 0.15) is 26.2 Å². The fourth-order valence-corrected chi connectivity index (χ4v) is 3.47. The van der Waals surface area contributed by atoms with Crippen LogP contribution in [-0.4, -0.2) is 73.8 Å². The first-order valence-electron chi connectivity index (χ1n) is 12.0. The maximum Gasteiger partial charge on any atom is 0.234 e. The molecule has 0 aromatic heterocycles. The van der Waals surface area contributed by atoms with Crippen LogP contribution in [0.5, 0.6) is 0 Å². The average Bonchev–Trinajstić information content (AvgIpc) is 3.18. The molecule has 1 aliphatic rings. The Hall–Kier alpha value is -0.960. The molecule has 0 fully saturated rings. The van der Waals surface area contributed by atoms with Crippen LogP contribution < -0.4 is 0 Å². The minimum Gasteiger partial charge on any atom is -0.726 e. The average molecular weight is 463 g/mol. The summed E-state index contributed by atoms with van der Waals surface area (Å²) in [5, 5.41) is 8.94. The number of nitrogens with zero attached hydrogens (tertiary/aromatic N) is 2. The molecule has 1 aliphatic heterocycles. The summed E-state index contributed by atoms with van der Waals surface area (Å²) in [6.07, 6.45) is 25.1. The molecule has 7 nitrogen and oxygen atoms in total. The first-order valence-corrected chi connectivity index (χ1v) is 13.4. The first kappa shape index (κ1) is 30.0. The summed E-state index contributed by atoms with van der Waals surface area (Å²) in [5.74, 6) is 0. The third kappa shape index (κ3) is 22.0. The molecule has 184 valence electrons. The number of aliphatic hydroxyl groups is 1. The lowest BCUT2D eigenvalue weighted by Gasteiger charge is -2.02. The molecule has 0 aromatic carbocycles. The van der Waals surface area contributed by atoms with Crippen molar-refractivity contribution in [3.8, 4) is 0 Å². The highest BCUT2D eigenvalue weighted by molar-refractivity contribution is 7.80. The van der Waals surface area contributed by atoms with Crippen molar-refractivity contribution in [2.24, 2.45) is 0 Å². The lowest BCUT2D eigenvalue weighted by atomic mass is 10.0. The quantitative estimate of drug-likeness (QED) is 0.108. The van der Waals surface area contributed by atoms with E-state index < -0.39 is 10.4 Å². The van der Waals surface area contributed by atoms with Gasteiger partial charge >= 0.3 is 0 Å². The smallest absolute Gasteiger partial charge is 0.234 e. The summed E-state index contributed by atoms with van der Waals surface area (Å²) in [7, 11) is -3.60. The number of β-amino-alcohol motifs (C(OH)–C–C–N with tert-alkyl or cyclic N) is 1. The van der Waals surface area contributed by atoms with E-state index in [1.807, 2.05) is 0 Å². The molecule has 0 atom stereocenters. The molecular weight excluding hydrogens is 416 g/mol. The van der Waals surface area contributed by atoms with Crippen molar-refractivity contribution in [1.29, 1.82) is 0 Å². The standard InChI is InChI=1S/C22H43N2O.CH4O4S/c1-2-3-4-5-6-7-8-9-10-11-12-13-14-15-16-17-23-18-19-24(22-23)20-21-25;1-5-6(2,3)4/h15-16,22,25H,2-14,17-21H2,1H3;1H3,(H,2,3,4)/q+1;/p-1. The van der Waals surface area contributed by atoms with Crippen LogP contribution in [0, 0.1) is 0 Å². The van der Waals surface area contributed by atoms with Gasteiger partial charge in [0.25, 0.3) is 0 Å². The van der Waals surface area contributed by atoms with E-state index in [1.54, 1.807) is 0 Å². The summed E-state index contributed by atoms with van der Waals surface area (Å²) in [5.41, 5.74) is 0. The van der Waals surface area contributed by atoms with Gasteiger partial charge in [0.2, 0.25) is 16.7 Å². The van der Waals surface area contributed by atoms with Crippen LogP contribution in [0.3, 0.4) is 0 Å². The second-order valence-electron chi connectivity index (χ2n) is 8.09. The molecular formula is C23H46N2O5S. The van der Waals surface area contributed by atoms with E-state index >= 15 is 0 Å². The van der Waals surface area contributed by atoms with Gasteiger partial charge in [-0.05, 0) is 18.9 Å². The monoisotopic (exact) mass is 462 g/mol. The molecule has 1 N–H and O–H groups in total. The van der Waals surface area contributed by atoms with Crippen molar-refractivity contribution in [2.75, 3.05) is 39.9 Å². The third-order valence-corrected chi connectivity index (χ3v) is 5.73. The van der Waals surface area contributed by atoms with Gasteiger partial charge in [0, 0.05) is 0 Å². The minimum atomic E-state index is -4.41. The van der Waals surface area contributed by atoms with Crippen molar-refractivity contribution in [3.63, 3.8) is 0 Å². The molecule has 0 saturated carbocycles. The largest absolute Gasteiger partial charge is 0.726 e. The lowest BCUT2D eigenvalue weighted by Crippen LogP contribution is -2.23. The molecule has 1 heterocycles. The fraction of sp³-hybridized carbons (Fsp3) is 0.870. The predicted octanol–water partition coefficient (Wildman–Crippen LogP) is 4.08. The topological polar surface area (TPSA) is 92.9 Å². The van der Waals surface area contributed by atoms with Gasteiger partial charge in [0.15, 0.2) is 0 Å². The van der Waals surface area contributed by atoms with Crippen molar-refractivity contribution < 1.29 is 26.8 Å². The van der Waals surface area contributed by atoms with Gasteiger partial charge in [-0.15, -0.1) is 0 Å². The zero-order valence-corrected chi connectivity index (χ0v) is 20.7. The molecule has 8 heteroatoms. The van der Waals surface area contributed by atoms with E-state index in [1.165, 1.54) is 83.5 Å². The Balaban J connectivity index is 0.00000131. The first-order chi connectivity index (χ1) is 14.9. The molecule has 0 amide bonds. The second-order valence-corrected chi connectivity index (χ2v) is 9.24. The zero-order chi connectivity index (χ0) is 23.2. The van der Waals surface area contributed by atoms with Crippen LogP contribution in [0.2, 0.25) is 0 Å². The van der Waals surface area contributed by atoms with Crippen LogP contribution in [-0.2, 0) is 14.6 Å². The molecule has 0 unspecified atom stereocenters. The van der Waals surface area contributed by atoms with Gasteiger partial charge < -0.3 is 9.66 Å². The Morgan fingerprint density at radius 2 is 1.52 bits per heavy atom. The number of aliphatic hydroxyl groups excluding tert-OH is 1. The van der Waals surface area contributed by atoms with Crippen LogP contribution in [0.15, 0.2) is 12.2 Å². The van der Waals surface area contributed by atoms with Gasteiger partial charge in [-0.2, -0.15) is 0 Å². The van der Waals surface area contributed by atoms with Gasteiger partial charge in [-0.25, -0.2) is 8.42 Å². The number of allylic oxidation sites excluding steroid dienone is 1. The molecule has 0 aliphatic carbocycles. The van der Waals surface area contributed by atoms with Crippen LogP contribution in [0.1, 0.15) is 90.4 Å². The Bertz CT molecular complexity index is 564. The van der Waals surface area contributed by atoms with Crippen molar-refractivity contribution in [2.45, 2.75) is 90.4 Å². The van der Waals surface area contributed by atoms with E-state index in [2.05, 4.69) is 39.1 Å². The fourth-order valence-electron chi connectivity index (χ4n) is 3.47. The summed E-state index contributed by atoms with van der Waals surface area (Å²) in [4.78, 5) is 2.19. The normalized spacial score (nSPS) is 14.1. The lowest BCUT2D eigenvalue weighted by molar-refractivity contribution is -0.503. The molecule has 0 saturated heterocycles. The third-order valence-electron chi connectivity index (χ3n) is 5.32. The molecule has 0 spiro atoms. The van der Waals surface area contributed by atoms with Crippen LogP contribution >= 0.6 is 0 Å². The highest BCUT2D eigenvalue weighted by Gasteiger charge is 2.16.